The summed E-state index contributed by atoms with van der Waals surface area (Å²) < 4.78 is 41.2. The molecule has 1 aromatic heterocycles. The fraction of sp³-hybridized carbons (Fsp3) is 0.167. The summed E-state index contributed by atoms with van der Waals surface area (Å²) in [7, 11) is 0. The van der Waals surface area contributed by atoms with Crippen LogP contribution >= 0.6 is 11.6 Å². The predicted octanol–water partition coefficient (Wildman–Crippen LogP) is 3.32. The maximum absolute atomic E-state index is 12.2. The van der Waals surface area contributed by atoms with E-state index in [1.807, 2.05) is 0 Å². The topological polar surface area (TPSA) is 61.0 Å². The van der Waals surface area contributed by atoms with Crippen molar-refractivity contribution in [2.45, 2.75) is 6.18 Å². The Hall–Kier alpha value is -2.02. The molecule has 0 aliphatic heterocycles. The summed E-state index contributed by atoms with van der Waals surface area (Å²) in [5.41, 5.74) is 6.14. The Balaban J connectivity index is 2.35. The van der Waals surface area contributed by atoms with Gasteiger partial charge < -0.3 is 10.5 Å². The smallest absolute Gasteiger partial charge is 0.422 e. The Bertz CT molecular complexity index is 602. The van der Waals surface area contributed by atoms with E-state index in [1.165, 1.54) is 0 Å². The van der Waals surface area contributed by atoms with Gasteiger partial charge in [0.25, 0.3) is 0 Å². The van der Waals surface area contributed by atoms with Gasteiger partial charge in [0.05, 0.1) is 6.20 Å². The number of benzene rings is 1. The van der Waals surface area contributed by atoms with Crippen molar-refractivity contribution < 1.29 is 17.9 Å². The standard InChI is InChI=1S/C12H9ClF3N3O/c13-8-3-1-7(2-4-8)10-11(18-5-9(17)19-10)20-6-12(14,15)16/h1-5H,6H2,(H2,17,19). The van der Waals surface area contributed by atoms with Gasteiger partial charge in [-0.1, -0.05) is 23.7 Å². The zero-order valence-electron chi connectivity index (χ0n) is 9.99. The monoisotopic (exact) mass is 303 g/mol. The van der Waals surface area contributed by atoms with E-state index in [-0.39, 0.29) is 17.4 Å². The second-order valence-corrected chi connectivity index (χ2v) is 4.30. The lowest BCUT2D eigenvalue weighted by atomic mass is 10.1. The summed E-state index contributed by atoms with van der Waals surface area (Å²) in [6, 6.07) is 6.34. The molecule has 2 aromatic rings. The van der Waals surface area contributed by atoms with Crippen LogP contribution in [-0.2, 0) is 0 Å². The number of nitrogens with zero attached hydrogens (tertiary/aromatic N) is 2. The van der Waals surface area contributed by atoms with Crippen LogP contribution in [0.4, 0.5) is 19.0 Å². The third kappa shape index (κ3) is 3.74. The van der Waals surface area contributed by atoms with Crippen LogP contribution in [-0.4, -0.2) is 22.8 Å². The van der Waals surface area contributed by atoms with E-state index in [2.05, 4.69) is 14.7 Å². The molecule has 0 spiro atoms. The molecule has 106 valence electrons. The first-order valence-corrected chi connectivity index (χ1v) is 5.81. The number of anilines is 1. The normalized spacial score (nSPS) is 11.4. The molecule has 1 heterocycles. The highest BCUT2D eigenvalue weighted by Gasteiger charge is 2.29. The van der Waals surface area contributed by atoms with E-state index in [1.54, 1.807) is 24.3 Å². The van der Waals surface area contributed by atoms with Gasteiger partial charge in [-0.05, 0) is 12.1 Å². The molecular weight excluding hydrogens is 295 g/mol. The Kier molecular flexibility index (Phi) is 3.99. The van der Waals surface area contributed by atoms with Gasteiger partial charge in [0.15, 0.2) is 6.61 Å². The first-order chi connectivity index (χ1) is 9.35. The quantitative estimate of drug-likeness (QED) is 0.945. The predicted molar refractivity (Wildman–Crippen MR) is 68.4 cm³/mol. The first-order valence-electron chi connectivity index (χ1n) is 5.43. The lowest BCUT2D eigenvalue weighted by molar-refractivity contribution is -0.154. The second kappa shape index (κ2) is 5.54. The molecule has 4 nitrogen and oxygen atoms in total. The number of rotatable bonds is 3. The van der Waals surface area contributed by atoms with Gasteiger partial charge in [-0.25, -0.2) is 9.97 Å². The van der Waals surface area contributed by atoms with E-state index < -0.39 is 12.8 Å². The van der Waals surface area contributed by atoms with Gasteiger partial charge >= 0.3 is 6.18 Å². The van der Waals surface area contributed by atoms with Crippen molar-refractivity contribution in [1.29, 1.82) is 0 Å². The Morgan fingerprint density at radius 3 is 2.45 bits per heavy atom. The molecular formula is C12H9ClF3N3O. The minimum atomic E-state index is -4.46. The molecule has 0 saturated carbocycles. The molecule has 0 atom stereocenters. The van der Waals surface area contributed by atoms with E-state index in [0.717, 1.165) is 6.20 Å². The largest absolute Gasteiger partial charge is 0.466 e. The number of nitrogens with two attached hydrogens (primary N) is 1. The van der Waals surface area contributed by atoms with Crippen LogP contribution < -0.4 is 10.5 Å². The lowest BCUT2D eigenvalue weighted by Crippen LogP contribution is -2.20. The number of aromatic nitrogens is 2. The van der Waals surface area contributed by atoms with Crippen molar-refractivity contribution in [2.75, 3.05) is 12.3 Å². The fourth-order valence-electron chi connectivity index (χ4n) is 1.44. The van der Waals surface area contributed by atoms with Crippen LogP contribution in [0.15, 0.2) is 30.5 Å². The zero-order valence-corrected chi connectivity index (χ0v) is 10.7. The van der Waals surface area contributed by atoms with Gasteiger partial charge in [-0.2, -0.15) is 13.2 Å². The maximum Gasteiger partial charge on any atom is 0.422 e. The molecule has 8 heteroatoms. The van der Waals surface area contributed by atoms with Crippen LogP contribution in [0.2, 0.25) is 5.02 Å². The fourth-order valence-corrected chi connectivity index (χ4v) is 1.57. The first kappa shape index (κ1) is 14.4. The van der Waals surface area contributed by atoms with Gasteiger partial charge in [-0.15, -0.1) is 0 Å². The molecule has 1 aromatic carbocycles. The third-order valence-corrected chi connectivity index (χ3v) is 2.50. The van der Waals surface area contributed by atoms with Crippen molar-refractivity contribution in [3.63, 3.8) is 0 Å². The summed E-state index contributed by atoms with van der Waals surface area (Å²) in [4.78, 5) is 7.69. The summed E-state index contributed by atoms with van der Waals surface area (Å²) in [5, 5.41) is 0.489. The number of halogens is 4. The number of ether oxygens (including phenoxy) is 1. The number of nitrogen functional groups attached to an aromatic ring is 1. The average molecular weight is 304 g/mol. The van der Waals surface area contributed by atoms with Crippen LogP contribution in [0.3, 0.4) is 0 Å². The van der Waals surface area contributed by atoms with E-state index in [4.69, 9.17) is 17.3 Å². The van der Waals surface area contributed by atoms with Gasteiger partial charge in [-0.3, -0.25) is 0 Å². The Labute approximate surface area is 117 Å². The summed E-state index contributed by atoms with van der Waals surface area (Å²) in [5.74, 6) is -0.159. The summed E-state index contributed by atoms with van der Waals surface area (Å²) in [6.07, 6.45) is -3.33. The molecule has 0 fully saturated rings. The van der Waals surface area contributed by atoms with Gasteiger partial charge in [0.2, 0.25) is 5.88 Å². The molecule has 0 saturated heterocycles. The lowest BCUT2D eigenvalue weighted by Gasteiger charge is -2.12. The van der Waals surface area contributed by atoms with E-state index in [9.17, 15) is 13.2 Å². The van der Waals surface area contributed by atoms with Gasteiger partial charge in [0.1, 0.15) is 11.5 Å². The van der Waals surface area contributed by atoms with Crippen LogP contribution in [0.1, 0.15) is 0 Å². The Morgan fingerprint density at radius 2 is 1.85 bits per heavy atom. The highest BCUT2D eigenvalue weighted by Crippen LogP contribution is 2.29. The van der Waals surface area contributed by atoms with Crippen molar-refractivity contribution in [1.82, 2.24) is 9.97 Å². The van der Waals surface area contributed by atoms with Crippen LogP contribution in [0.25, 0.3) is 11.3 Å². The SMILES string of the molecule is Nc1cnc(OCC(F)(F)F)c(-c2ccc(Cl)cc2)n1. The highest BCUT2D eigenvalue weighted by molar-refractivity contribution is 6.30. The molecule has 0 aliphatic carbocycles. The molecule has 0 radical (unpaired) electrons. The van der Waals surface area contributed by atoms with E-state index >= 15 is 0 Å². The molecule has 0 aliphatic rings. The highest BCUT2D eigenvalue weighted by atomic mass is 35.5. The van der Waals surface area contributed by atoms with E-state index in [0.29, 0.717) is 10.6 Å². The summed E-state index contributed by atoms with van der Waals surface area (Å²) >= 11 is 5.75. The number of hydrogen-bond donors (Lipinski definition) is 1. The average Bonchev–Trinajstić information content (AvgIpc) is 2.37. The molecule has 20 heavy (non-hydrogen) atoms. The third-order valence-electron chi connectivity index (χ3n) is 2.25. The van der Waals surface area contributed by atoms with Crippen molar-refractivity contribution in [3.05, 3.63) is 35.5 Å². The van der Waals surface area contributed by atoms with Gasteiger partial charge in [0, 0.05) is 10.6 Å². The minimum Gasteiger partial charge on any atom is -0.466 e. The summed E-state index contributed by atoms with van der Waals surface area (Å²) in [6.45, 7) is -1.45. The van der Waals surface area contributed by atoms with Crippen molar-refractivity contribution >= 4 is 17.4 Å². The number of alkyl halides is 3. The molecule has 0 bridgehead atoms. The van der Waals surface area contributed by atoms with Crippen LogP contribution in [0.5, 0.6) is 5.88 Å². The maximum atomic E-state index is 12.2. The van der Waals surface area contributed by atoms with Crippen molar-refractivity contribution in [3.8, 4) is 17.1 Å². The Morgan fingerprint density at radius 1 is 1.20 bits per heavy atom. The molecule has 0 amide bonds. The molecule has 2 rings (SSSR count). The second-order valence-electron chi connectivity index (χ2n) is 3.86. The molecule has 0 unspecified atom stereocenters. The zero-order chi connectivity index (χ0) is 14.8. The molecule has 2 N–H and O–H groups in total. The number of hydrogen-bond acceptors (Lipinski definition) is 4. The minimum absolute atomic E-state index is 0.0781. The van der Waals surface area contributed by atoms with Crippen LogP contribution in [0, 0.1) is 0 Å². The van der Waals surface area contributed by atoms with Crippen molar-refractivity contribution in [2.24, 2.45) is 0 Å².